The summed E-state index contributed by atoms with van der Waals surface area (Å²) in [4.78, 5) is 2.47. The van der Waals surface area contributed by atoms with E-state index in [9.17, 15) is 5.11 Å². The highest BCUT2D eigenvalue weighted by Gasteiger charge is 2.52. The molecule has 0 aromatic heterocycles. The molecule has 2 fully saturated rings. The predicted molar refractivity (Wildman–Crippen MR) is 61.6 cm³/mol. The molecule has 88 valence electrons. The van der Waals surface area contributed by atoms with Crippen LogP contribution in [-0.4, -0.2) is 40.8 Å². The van der Waals surface area contributed by atoms with Gasteiger partial charge in [0, 0.05) is 30.6 Å². The van der Waals surface area contributed by atoms with Crippen LogP contribution in [0, 0.1) is 5.41 Å². The number of hydrogen-bond acceptors (Lipinski definition) is 3. The number of likely N-dealkylation sites (tertiary alicyclic amines) is 1. The average Bonchev–Trinajstić information content (AvgIpc) is 2.93. The van der Waals surface area contributed by atoms with Crippen molar-refractivity contribution in [1.29, 1.82) is 0 Å². The molecule has 3 heteroatoms. The Morgan fingerprint density at radius 2 is 2.07 bits per heavy atom. The number of β-amino-alcohol motifs (C(OH)–C–C–N with tert-alkyl or cyclic N) is 1. The van der Waals surface area contributed by atoms with E-state index in [1.165, 1.54) is 12.8 Å². The fraction of sp³-hybridized carbons (Fsp3) is 1.00. The van der Waals surface area contributed by atoms with E-state index in [0.717, 1.165) is 19.0 Å². The van der Waals surface area contributed by atoms with Gasteiger partial charge in [0.1, 0.15) is 0 Å². The van der Waals surface area contributed by atoms with Crippen LogP contribution in [0.15, 0.2) is 0 Å². The van der Waals surface area contributed by atoms with Gasteiger partial charge in [-0.3, -0.25) is 4.90 Å². The smallest absolute Gasteiger partial charge is 0.0851 e. The lowest BCUT2D eigenvalue weighted by atomic mass is 9.73. The van der Waals surface area contributed by atoms with E-state index in [2.05, 4.69) is 25.7 Å². The molecule has 1 heterocycles. The second-order valence-electron chi connectivity index (χ2n) is 6.08. The van der Waals surface area contributed by atoms with Crippen molar-refractivity contribution in [2.45, 2.75) is 57.7 Å². The summed E-state index contributed by atoms with van der Waals surface area (Å²) in [5, 5.41) is 10.7. The molecular weight excluding hydrogens is 188 g/mol. The Bertz CT molecular complexity index is 250. The third-order valence-electron chi connectivity index (χ3n) is 4.43. The molecule has 2 aliphatic rings. The Labute approximate surface area is 92.6 Å². The Hall–Kier alpha value is -0.120. The SMILES string of the molecule is CC1CC(O)(C(C)(C)CN)CN1C1CC1. The number of nitrogens with two attached hydrogens (primary N) is 1. The Morgan fingerprint density at radius 3 is 2.53 bits per heavy atom. The standard InChI is InChI=1S/C12H24N2O/c1-9-6-12(15,11(2,3)7-13)8-14(9)10-4-5-10/h9-10,15H,4-8,13H2,1-3H3. The molecule has 15 heavy (non-hydrogen) atoms. The van der Waals surface area contributed by atoms with Crippen LogP contribution in [0.3, 0.4) is 0 Å². The van der Waals surface area contributed by atoms with Crippen LogP contribution < -0.4 is 5.73 Å². The van der Waals surface area contributed by atoms with Gasteiger partial charge in [0.15, 0.2) is 0 Å². The first-order valence-corrected chi connectivity index (χ1v) is 6.08. The molecule has 0 aromatic rings. The van der Waals surface area contributed by atoms with Crippen LogP contribution in [0.1, 0.15) is 40.0 Å². The molecule has 1 aliphatic carbocycles. The molecule has 2 rings (SSSR count). The quantitative estimate of drug-likeness (QED) is 0.732. The van der Waals surface area contributed by atoms with Gasteiger partial charge in [0.05, 0.1) is 5.60 Å². The summed E-state index contributed by atoms with van der Waals surface area (Å²) in [5.41, 5.74) is 5.01. The zero-order chi connectivity index (χ0) is 11.3. The van der Waals surface area contributed by atoms with Gasteiger partial charge in [-0.2, -0.15) is 0 Å². The highest BCUT2D eigenvalue weighted by molar-refractivity contribution is 5.06. The normalized spacial score (nSPS) is 38.6. The van der Waals surface area contributed by atoms with Crippen molar-refractivity contribution in [3.63, 3.8) is 0 Å². The summed E-state index contributed by atoms with van der Waals surface area (Å²) in [7, 11) is 0. The van der Waals surface area contributed by atoms with E-state index in [0.29, 0.717) is 12.6 Å². The molecule has 2 unspecified atom stereocenters. The van der Waals surface area contributed by atoms with E-state index in [-0.39, 0.29) is 5.41 Å². The van der Waals surface area contributed by atoms with Crippen molar-refractivity contribution in [3.05, 3.63) is 0 Å². The first kappa shape index (κ1) is 11.4. The minimum atomic E-state index is -0.593. The highest BCUT2D eigenvalue weighted by Crippen LogP contribution is 2.44. The van der Waals surface area contributed by atoms with Crippen molar-refractivity contribution in [1.82, 2.24) is 4.90 Å². The minimum Gasteiger partial charge on any atom is -0.388 e. The van der Waals surface area contributed by atoms with Gasteiger partial charge in [0.2, 0.25) is 0 Å². The van der Waals surface area contributed by atoms with E-state index >= 15 is 0 Å². The summed E-state index contributed by atoms with van der Waals surface area (Å²) >= 11 is 0. The van der Waals surface area contributed by atoms with E-state index < -0.39 is 5.60 Å². The third-order valence-corrected chi connectivity index (χ3v) is 4.43. The lowest BCUT2D eigenvalue weighted by Gasteiger charge is -2.39. The maximum absolute atomic E-state index is 10.7. The Balaban J connectivity index is 2.11. The summed E-state index contributed by atoms with van der Waals surface area (Å²) in [6.07, 6.45) is 3.49. The van der Waals surface area contributed by atoms with Crippen molar-refractivity contribution in [3.8, 4) is 0 Å². The van der Waals surface area contributed by atoms with Crippen LogP contribution in [-0.2, 0) is 0 Å². The van der Waals surface area contributed by atoms with Crippen LogP contribution in [0.2, 0.25) is 0 Å². The van der Waals surface area contributed by atoms with Gasteiger partial charge in [-0.25, -0.2) is 0 Å². The molecule has 1 aliphatic heterocycles. The summed E-state index contributed by atoms with van der Waals surface area (Å²) in [5.74, 6) is 0. The van der Waals surface area contributed by atoms with Crippen LogP contribution in [0.4, 0.5) is 0 Å². The highest BCUT2D eigenvalue weighted by atomic mass is 16.3. The van der Waals surface area contributed by atoms with Crippen molar-refractivity contribution < 1.29 is 5.11 Å². The molecular formula is C12H24N2O. The monoisotopic (exact) mass is 212 g/mol. The van der Waals surface area contributed by atoms with Gasteiger partial charge in [-0.1, -0.05) is 13.8 Å². The van der Waals surface area contributed by atoms with Crippen LogP contribution in [0.25, 0.3) is 0 Å². The largest absolute Gasteiger partial charge is 0.388 e. The van der Waals surface area contributed by atoms with Gasteiger partial charge in [-0.05, 0) is 26.2 Å². The summed E-state index contributed by atoms with van der Waals surface area (Å²) < 4.78 is 0. The molecule has 0 radical (unpaired) electrons. The van der Waals surface area contributed by atoms with Gasteiger partial charge in [-0.15, -0.1) is 0 Å². The first-order valence-electron chi connectivity index (χ1n) is 6.08. The average molecular weight is 212 g/mol. The zero-order valence-electron chi connectivity index (χ0n) is 10.2. The van der Waals surface area contributed by atoms with E-state index in [4.69, 9.17) is 5.73 Å². The zero-order valence-corrected chi connectivity index (χ0v) is 10.2. The van der Waals surface area contributed by atoms with E-state index in [1.807, 2.05) is 0 Å². The van der Waals surface area contributed by atoms with Crippen LogP contribution >= 0.6 is 0 Å². The molecule has 3 N–H and O–H groups in total. The fourth-order valence-electron chi connectivity index (χ4n) is 2.70. The Kier molecular flexibility index (Phi) is 2.61. The second kappa shape index (κ2) is 3.44. The second-order valence-corrected chi connectivity index (χ2v) is 6.08. The van der Waals surface area contributed by atoms with E-state index in [1.54, 1.807) is 0 Å². The van der Waals surface area contributed by atoms with Gasteiger partial charge in [0.25, 0.3) is 0 Å². The number of nitrogens with zero attached hydrogens (tertiary/aromatic N) is 1. The van der Waals surface area contributed by atoms with Crippen molar-refractivity contribution in [2.24, 2.45) is 11.1 Å². The Morgan fingerprint density at radius 1 is 1.47 bits per heavy atom. The molecule has 0 bridgehead atoms. The minimum absolute atomic E-state index is 0.176. The third kappa shape index (κ3) is 1.81. The number of aliphatic hydroxyl groups is 1. The summed E-state index contributed by atoms with van der Waals surface area (Å²) in [6, 6.07) is 1.25. The maximum atomic E-state index is 10.7. The predicted octanol–water partition coefficient (Wildman–Crippen LogP) is 0.959. The van der Waals surface area contributed by atoms with Crippen molar-refractivity contribution in [2.75, 3.05) is 13.1 Å². The topological polar surface area (TPSA) is 49.5 Å². The lowest BCUT2D eigenvalue weighted by molar-refractivity contribution is -0.0531. The molecule has 0 amide bonds. The van der Waals surface area contributed by atoms with Gasteiger partial charge < -0.3 is 10.8 Å². The summed E-state index contributed by atoms with van der Waals surface area (Å²) in [6.45, 7) is 7.74. The molecule has 1 saturated carbocycles. The van der Waals surface area contributed by atoms with Crippen LogP contribution in [0.5, 0.6) is 0 Å². The molecule has 2 atom stereocenters. The lowest BCUT2D eigenvalue weighted by Crippen LogP contribution is -2.50. The van der Waals surface area contributed by atoms with Crippen molar-refractivity contribution >= 4 is 0 Å². The fourth-order valence-corrected chi connectivity index (χ4v) is 2.70. The first-order chi connectivity index (χ1) is 6.89. The number of hydrogen-bond donors (Lipinski definition) is 2. The molecule has 0 aromatic carbocycles. The van der Waals surface area contributed by atoms with Gasteiger partial charge >= 0.3 is 0 Å². The number of rotatable bonds is 3. The maximum Gasteiger partial charge on any atom is 0.0851 e. The molecule has 3 nitrogen and oxygen atoms in total. The molecule has 0 spiro atoms. The molecule has 1 saturated heterocycles.